The summed E-state index contributed by atoms with van der Waals surface area (Å²) >= 11 is 6.48. The lowest BCUT2D eigenvalue weighted by molar-refractivity contribution is -0.552. The normalized spacial score (nSPS) is 25.0. The van der Waals surface area contributed by atoms with Crippen LogP contribution in [0.3, 0.4) is 0 Å². The van der Waals surface area contributed by atoms with Gasteiger partial charge in [0.1, 0.15) is 11.9 Å². The van der Waals surface area contributed by atoms with Crippen molar-refractivity contribution in [2.75, 3.05) is 18.8 Å². The molecule has 156 valence electrons. The number of carboxylic acids is 1. The van der Waals surface area contributed by atoms with Crippen molar-refractivity contribution in [3.63, 3.8) is 0 Å². The van der Waals surface area contributed by atoms with E-state index in [4.69, 9.17) is 0 Å². The van der Waals surface area contributed by atoms with Gasteiger partial charge in [0.05, 0.1) is 34.9 Å². The number of hydrogen-bond acceptors (Lipinski definition) is 7. The number of carbonyl (C=O) groups excluding carboxylic acids is 1. The Labute approximate surface area is 185 Å². The van der Waals surface area contributed by atoms with Gasteiger partial charge >= 0.3 is 11.1 Å². The van der Waals surface area contributed by atoms with Crippen LogP contribution in [0.2, 0.25) is 0 Å². The highest BCUT2D eigenvalue weighted by atomic mass is 32.2. The number of nitrogens with zero attached hydrogens (tertiary/aromatic N) is 3. The number of amides is 1. The summed E-state index contributed by atoms with van der Waals surface area (Å²) < 4.78 is 4.28. The van der Waals surface area contributed by atoms with E-state index in [1.807, 2.05) is 31.9 Å². The zero-order chi connectivity index (χ0) is 21.2. The van der Waals surface area contributed by atoms with E-state index in [1.165, 1.54) is 4.90 Å². The molecule has 2 aromatic rings. The monoisotopic (exact) mass is 472 g/mol. The molecule has 2 N–H and O–H groups in total. The third kappa shape index (κ3) is 2.81. The standard InChI is InChI=1S/C18H21N3O4S4/c1-7-10(13(17(24)25)20-12(7)11(8(2)22)14(20)23)9-6-19-15(29-9)16(26-3)21(28-5)18(19)27-4/h6-8,11-12,22H,1-5H3/p+1/t7-,8+,11+,12+/m0/s1. The zero-order valence-electron chi connectivity index (χ0n) is 16.6. The fourth-order valence-corrected chi connectivity index (χ4v) is 8.68. The van der Waals surface area contributed by atoms with E-state index in [0.717, 1.165) is 19.9 Å². The molecule has 0 spiro atoms. The number of aliphatic carboxylic acids is 1. The van der Waals surface area contributed by atoms with Crippen LogP contribution < -0.4 is 4.40 Å². The van der Waals surface area contributed by atoms with Gasteiger partial charge < -0.3 is 15.1 Å². The summed E-state index contributed by atoms with van der Waals surface area (Å²) in [7, 11) is 0. The van der Waals surface area contributed by atoms with Gasteiger partial charge in [-0.15, -0.1) is 3.97 Å². The average Bonchev–Trinajstić information content (AvgIpc) is 3.27. The summed E-state index contributed by atoms with van der Waals surface area (Å²) in [6.45, 7) is 3.55. The number of hydrogen-bond donors (Lipinski definition) is 2. The van der Waals surface area contributed by atoms with E-state index in [2.05, 4.69) is 8.37 Å². The van der Waals surface area contributed by atoms with Crippen LogP contribution in [-0.4, -0.2) is 61.9 Å². The number of carbonyl (C=O) groups is 2. The minimum atomic E-state index is -1.10. The van der Waals surface area contributed by atoms with Gasteiger partial charge in [0.25, 0.3) is 0 Å². The molecule has 11 heteroatoms. The molecule has 2 aliphatic rings. The second-order valence-electron chi connectivity index (χ2n) is 7.06. The average molecular weight is 473 g/mol. The molecule has 7 nitrogen and oxygen atoms in total. The molecule has 4 rings (SSSR count). The van der Waals surface area contributed by atoms with Crippen molar-refractivity contribution in [2.24, 2.45) is 11.8 Å². The molecule has 4 heterocycles. The van der Waals surface area contributed by atoms with E-state index in [1.54, 1.807) is 53.7 Å². The summed E-state index contributed by atoms with van der Waals surface area (Å²) in [5, 5.41) is 22.1. The first-order valence-electron chi connectivity index (χ1n) is 8.99. The van der Waals surface area contributed by atoms with Gasteiger partial charge in [-0.25, -0.2) is 4.79 Å². The van der Waals surface area contributed by atoms with Crippen molar-refractivity contribution >= 4 is 69.1 Å². The van der Waals surface area contributed by atoms with Gasteiger partial charge in [-0.05, 0) is 31.2 Å². The molecule has 1 fully saturated rings. The van der Waals surface area contributed by atoms with Crippen LogP contribution in [0.4, 0.5) is 0 Å². The van der Waals surface area contributed by atoms with Gasteiger partial charge in [0.15, 0.2) is 0 Å². The fourth-order valence-electron chi connectivity index (χ4n) is 4.45. The van der Waals surface area contributed by atoms with Crippen LogP contribution in [0.1, 0.15) is 18.7 Å². The number of fused-ring (bicyclic) bond motifs is 2. The lowest BCUT2D eigenvalue weighted by Gasteiger charge is -2.46. The molecule has 1 saturated heterocycles. The number of β-lactam (4-membered cyclic amide) rings is 1. The lowest BCUT2D eigenvalue weighted by Crippen LogP contribution is -2.63. The molecule has 1 amide bonds. The van der Waals surface area contributed by atoms with Gasteiger partial charge in [-0.2, -0.15) is 4.40 Å². The summed E-state index contributed by atoms with van der Waals surface area (Å²) in [6, 6.07) is -0.304. The lowest BCUT2D eigenvalue weighted by atomic mass is 9.77. The van der Waals surface area contributed by atoms with E-state index in [0.29, 0.717) is 5.57 Å². The Kier molecular flexibility index (Phi) is 5.48. The second-order valence-corrected chi connectivity index (χ2v) is 10.4. The minimum Gasteiger partial charge on any atom is -0.477 e. The van der Waals surface area contributed by atoms with Crippen molar-refractivity contribution in [3.05, 3.63) is 16.8 Å². The van der Waals surface area contributed by atoms with Crippen LogP contribution in [0.25, 0.3) is 10.4 Å². The maximum atomic E-state index is 12.6. The molecule has 0 radical (unpaired) electrons. The SMILES string of the molecule is CSc1c2sc(C3=C(C(=O)O)N4C(=O)[C@H]([C@@H](C)O)[C@H]4[C@H]3C)c[n+]2c(SC)n1SC. The van der Waals surface area contributed by atoms with Gasteiger partial charge in [-0.1, -0.05) is 30.0 Å². The largest absolute Gasteiger partial charge is 0.477 e. The fraction of sp³-hybridized carbons (Fsp3) is 0.500. The van der Waals surface area contributed by atoms with Crippen LogP contribution >= 0.6 is 46.8 Å². The highest BCUT2D eigenvalue weighted by molar-refractivity contribution is 8.02. The van der Waals surface area contributed by atoms with Gasteiger partial charge in [-0.3, -0.25) is 4.79 Å². The van der Waals surface area contributed by atoms with E-state index in [9.17, 15) is 19.8 Å². The zero-order valence-corrected chi connectivity index (χ0v) is 19.8. The summed E-state index contributed by atoms with van der Waals surface area (Å²) in [5.74, 6) is -2.11. The topological polar surface area (TPSA) is 86.9 Å². The van der Waals surface area contributed by atoms with Crippen molar-refractivity contribution in [1.29, 1.82) is 0 Å². The predicted octanol–water partition coefficient (Wildman–Crippen LogP) is 2.51. The number of carboxylic acid groups (broad SMARTS) is 1. The molecule has 2 aromatic heterocycles. The van der Waals surface area contributed by atoms with Gasteiger partial charge in [0.2, 0.25) is 15.8 Å². The maximum absolute atomic E-state index is 12.6. The number of aliphatic hydroxyl groups is 1. The summed E-state index contributed by atoms with van der Waals surface area (Å²) in [5.41, 5.74) is 0.741. The highest BCUT2D eigenvalue weighted by Gasteiger charge is 2.60. The van der Waals surface area contributed by atoms with Crippen molar-refractivity contribution in [3.8, 4) is 0 Å². The maximum Gasteiger partial charge on any atom is 0.352 e. The third-order valence-electron chi connectivity index (χ3n) is 5.62. The number of thiazole rings is 1. The molecule has 0 saturated carbocycles. The van der Waals surface area contributed by atoms with Crippen molar-refractivity contribution in [2.45, 2.75) is 36.2 Å². The van der Waals surface area contributed by atoms with Gasteiger partial charge in [0, 0.05) is 17.7 Å². The first-order valence-corrected chi connectivity index (χ1v) is 13.4. The van der Waals surface area contributed by atoms with Crippen LogP contribution in [0, 0.1) is 11.8 Å². The quantitative estimate of drug-likeness (QED) is 0.379. The third-order valence-corrected chi connectivity index (χ3v) is 9.33. The number of aromatic nitrogens is 2. The Morgan fingerprint density at radius 2 is 2.00 bits per heavy atom. The van der Waals surface area contributed by atoms with Crippen LogP contribution in [-0.2, 0) is 9.59 Å². The Hall–Kier alpha value is -1.14. The summed E-state index contributed by atoms with van der Waals surface area (Å²) in [6.07, 6.45) is 7.27. The van der Waals surface area contributed by atoms with Crippen molar-refractivity contribution in [1.82, 2.24) is 8.87 Å². The molecular formula is C18H22N3O4S4+. The molecule has 29 heavy (non-hydrogen) atoms. The highest BCUT2D eigenvalue weighted by Crippen LogP contribution is 2.51. The summed E-state index contributed by atoms with van der Waals surface area (Å²) in [4.78, 5) is 28.0. The first-order chi connectivity index (χ1) is 13.8. The molecule has 0 aromatic carbocycles. The number of imidazole rings is 1. The smallest absolute Gasteiger partial charge is 0.352 e. The van der Waals surface area contributed by atoms with Crippen LogP contribution in [0.15, 0.2) is 22.1 Å². The van der Waals surface area contributed by atoms with E-state index >= 15 is 0 Å². The Morgan fingerprint density at radius 1 is 1.31 bits per heavy atom. The van der Waals surface area contributed by atoms with E-state index in [-0.39, 0.29) is 23.6 Å². The predicted molar refractivity (Wildman–Crippen MR) is 117 cm³/mol. The van der Waals surface area contributed by atoms with E-state index < -0.39 is 18.0 Å². The molecule has 0 unspecified atom stereocenters. The molecule has 0 bridgehead atoms. The number of thioether (sulfide) groups is 2. The number of aliphatic hydroxyl groups excluding tert-OH is 1. The Balaban J connectivity index is 1.90. The Bertz CT molecular complexity index is 1020. The molecule has 0 aliphatic carbocycles. The molecule has 2 aliphatic heterocycles. The van der Waals surface area contributed by atoms with Crippen molar-refractivity contribution < 1.29 is 24.2 Å². The molecule has 4 atom stereocenters. The second kappa shape index (κ2) is 7.52. The Morgan fingerprint density at radius 3 is 2.52 bits per heavy atom. The number of rotatable bonds is 6. The first kappa shape index (κ1) is 21.1. The molecular weight excluding hydrogens is 450 g/mol. The van der Waals surface area contributed by atoms with Crippen LogP contribution in [0.5, 0.6) is 0 Å². The minimum absolute atomic E-state index is 0.0584.